The third-order valence-corrected chi connectivity index (χ3v) is 3.96. The van der Waals surface area contributed by atoms with E-state index < -0.39 is 0 Å². The lowest BCUT2D eigenvalue weighted by Crippen LogP contribution is -1.94. The fraction of sp³-hybridized carbons (Fsp3) is 0.176. The van der Waals surface area contributed by atoms with Gasteiger partial charge in [-0.05, 0) is 29.3 Å². The maximum Gasteiger partial charge on any atom is 0.231 e. The van der Waals surface area contributed by atoms with Crippen LogP contribution in [0.15, 0.2) is 42.6 Å². The van der Waals surface area contributed by atoms with Crippen LogP contribution in [0.3, 0.4) is 0 Å². The number of aryl methyl sites for hydroxylation is 1. The molecule has 0 saturated carbocycles. The summed E-state index contributed by atoms with van der Waals surface area (Å²) < 4.78 is 13.0. The Morgan fingerprint density at radius 2 is 1.90 bits per heavy atom. The Kier molecular flexibility index (Phi) is 2.65. The average molecular weight is 281 g/mol. The van der Waals surface area contributed by atoms with Crippen molar-refractivity contribution in [2.24, 2.45) is 7.05 Å². The number of rotatable bonds is 2. The highest BCUT2D eigenvalue weighted by atomic mass is 16.7. The average Bonchev–Trinajstić information content (AvgIpc) is 3.12. The van der Waals surface area contributed by atoms with E-state index in [1.165, 1.54) is 5.39 Å². The number of aromatic nitrogens is 1. The summed E-state index contributed by atoms with van der Waals surface area (Å²) in [6.45, 7) is 0.199. The van der Waals surface area contributed by atoms with Crippen LogP contribution in [-0.2, 0) is 13.7 Å². The van der Waals surface area contributed by atoms with Crippen molar-refractivity contribution in [2.45, 2.75) is 6.61 Å². The first-order valence-electron chi connectivity index (χ1n) is 6.86. The van der Waals surface area contributed by atoms with Crippen LogP contribution >= 0.6 is 0 Å². The van der Waals surface area contributed by atoms with E-state index in [0.29, 0.717) is 5.75 Å². The van der Waals surface area contributed by atoms with Crippen molar-refractivity contribution < 1.29 is 14.6 Å². The Balaban J connectivity index is 2.02. The van der Waals surface area contributed by atoms with E-state index in [1.54, 1.807) is 0 Å². The number of hydrogen-bond donors (Lipinski definition) is 1. The van der Waals surface area contributed by atoms with Crippen LogP contribution in [0.5, 0.6) is 11.5 Å². The van der Waals surface area contributed by atoms with Gasteiger partial charge in [0.05, 0.1) is 12.1 Å². The Bertz CT molecular complexity index is 835. The second-order valence-corrected chi connectivity index (χ2v) is 5.19. The van der Waals surface area contributed by atoms with Gasteiger partial charge in [-0.15, -0.1) is 0 Å². The van der Waals surface area contributed by atoms with E-state index in [-0.39, 0.29) is 13.4 Å². The molecule has 0 aliphatic carbocycles. The standard InChI is InChI=1S/C17H15NO3/c1-18-6-5-11-3-2-4-13(17(11)18)14-8-16-15(20-10-21-16)7-12(14)9-19/h2-8,19H,9-10H2,1H3. The molecular formula is C17H15NO3. The zero-order valence-electron chi connectivity index (χ0n) is 11.7. The number of para-hydroxylation sites is 1. The highest BCUT2D eigenvalue weighted by Gasteiger charge is 2.19. The van der Waals surface area contributed by atoms with Crippen LogP contribution in [0.2, 0.25) is 0 Å². The summed E-state index contributed by atoms with van der Waals surface area (Å²) in [7, 11) is 2.03. The van der Waals surface area contributed by atoms with Crippen LogP contribution in [0.25, 0.3) is 22.0 Å². The minimum Gasteiger partial charge on any atom is -0.454 e. The molecule has 0 spiro atoms. The predicted molar refractivity (Wildman–Crippen MR) is 80.4 cm³/mol. The first-order valence-corrected chi connectivity index (χ1v) is 6.86. The van der Waals surface area contributed by atoms with Crippen molar-refractivity contribution in [1.29, 1.82) is 0 Å². The first kappa shape index (κ1) is 12.3. The topological polar surface area (TPSA) is 43.6 Å². The van der Waals surface area contributed by atoms with Crippen molar-refractivity contribution in [3.05, 3.63) is 48.2 Å². The number of hydrogen-bond acceptors (Lipinski definition) is 3. The molecular weight excluding hydrogens is 266 g/mol. The molecule has 0 saturated heterocycles. The molecule has 1 aliphatic rings. The second-order valence-electron chi connectivity index (χ2n) is 5.19. The van der Waals surface area contributed by atoms with Gasteiger partial charge in [-0.1, -0.05) is 18.2 Å². The monoisotopic (exact) mass is 281 g/mol. The van der Waals surface area contributed by atoms with Crippen molar-refractivity contribution in [3.63, 3.8) is 0 Å². The number of fused-ring (bicyclic) bond motifs is 2. The van der Waals surface area contributed by atoms with E-state index >= 15 is 0 Å². The van der Waals surface area contributed by atoms with E-state index in [1.807, 2.05) is 31.4 Å². The molecule has 106 valence electrons. The Labute approximate surface area is 122 Å². The smallest absolute Gasteiger partial charge is 0.231 e. The van der Waals surface area contributed by atoms with Gasteiger partial charge in [0.1, 0.15) is 0 Å². The summed E-state index contributed by atoms with van der Waals surface area (Å²) in [4.78, 5) is 0. The lowest BCUT2D eigenvalue weighted by molar-refractivity contribution is 0.174. The van der Waals surface area contributed by atoms with E-state index in [4.69, 9.17) is 9.47 Å². The molecule has 0 radical (unpaired) electrons. The lowest BCUT2D eigenvalue weighted by atomic mass is 9.97. The van der Waals surface area contributed by atoms with Gasteiger partial charge in [-0.2, -0.15) is 0 Å². The summed E-state index contributed by atoms with van der Waals surface area (Å²) in [5.41, 5.74) is 4.05. The van der Waals surface area contributed by atoms with Crippen LogP contribution in [-0.4, -0.2) is 16.5 Å². The molecule has 4 rings (SSSR count). The first-order chi connectivity index (χ1) is 10.3. The van der Waals surface area contributed by atoms with Crippen LogP contribution < -0.4 is 9.47 Å². The van der Waals surface area contributed by atoms with E-state index in [9.17, 15) is 5.11 Å². The molecule has 1 aliphatic heterocycles. The minimum atomic E-state index is -0.0349. The largest absolute Gasteiger partial charge is 0.454 e. The molecule has 1 N–H and O–H groups in total. The molecule has 4 heteroatoms. The number of nitrogens with zero attached hydrogens (tertiary/aromatic N) is 1. The van der Waals surface area contributed by atoms with E-state index in [0.717, 1.165) is 28.0 Å². The SMILES string of the molecule is Cn1ccc2cccc(-c3cc4c(cc3CO)OCO4)c21. The molecule has 0 fully saturated rings. The normalized spacial score (nSPS) is 13.0. The molecule has 0 amide bonds. The number of benzene rings is 2. The van der Waals surface area contributed by atoms with Gasteiger partial charge in [0.2, 0.25) is 6.79 Å². The van der Waals surface area contributed by atoms with Crippen molar-refractivity contribution in [3.8, 4) is 22.6 Å². The summed E-state index contributed by atoms with van der Waals surface area (Å²) in [6, 6.07) is 12.1. The van der Waals surface area contributed by atoms with Gasteiger partial charge in [0, 0.05) is 24.2 Å². The Hall–Kier alpha value is -2.46. The maximum atomic E-state index is 9.70. The molecule has 0 unspecified atom stereocenters. The molecule has 4 nitrogen and oxygen atoms in total. The fourth-order valence-electron chi connectivity index (χ4n) is 2.94. The molecule has 21 heavy (non-hydrogen) atoms. The van der Waals surface area contributed by atoms with Gasteiger partial charge in [0.25, 0.3) is 0 Å². The van der Waals surface area contributed by atoms with Crippen molar-refractivity contribution in [1.82, 2.24) is 4.57 Å². The van der Waals surface area contributed by atoms with Gasteiger partial charge in [-0.25, -0.2) is 0 Å². The minimum absolute atomic E-state index is 0.0349. The highest BCUT2D eigenvalue weighted by Crippen LogP contribution is 2.40. The van der Waals surface area contributed by atoms with E-state index in [2.05, 4.69) is 22.8 Å². The fourth-order valence-corrected chi connectivity index (χ4v) is 2.94. The third-order valence-electron chi connectivity index (χ3n) is 3.96. The summed E-state index contributed by atoms with van der Waals surface area (Å²) in [5, 5.41) is 10.9. The van der Waals surface area contributed by atoms with Crippen LogP contribution in [0.4, 0.5) is 0 Å². The molecule has 2 aromatic carbocycles. The zero-order valence-corrected chi connectivity index (χ0v) is 11.7. The van der Waals surface area contributed by atoms with Crippen LogP contribution in [0, 0.1) is 0 Å². The quantitative estimate of drug-likeness (QED) is 0.785. The van der Waals surface area contributed by atoms with Crippen LogP contribution in [0.1, 0.15) is 5.56 Å². The number of ether oxygens (including phenoxy) is 2. The third kappa shape index (κ3) is 1.80. The van der Waals surface area contributed by atoms with Gasteiger partial charge < -0.3 is 19.1 Å². The Morgan fingerprint density at radius 3 is 2.71 bits per heavy atom. The van der Waals surface area contributed by atoms with Gasteiger partial charge in [0.15, 0.2) is 11.5 Å². The maximum absolute atomic E-state index is 9.70. The molecule has 1 aromatic heterocycles. The second kappa shape index (κ2) is 4.53. The van der Waals surface area contributed by atoms with Gasteiger partial charge >= 0.3 is 0 Å². The Morgan fingerprint density at radius 1 is 1.10 bits per heavy atom. The number of aliphatic hydroxyl groups excluding tert-OH is 1. The molecule has 3 aromatic rings. The summed E-state index contributed by atoms with van der Waals surface area (Å²) in [5.74, 6) is 1.43. The summed E-state index contributed by atoms with van der Waals surface area (Å²) >= 11 is 0. The lowest BCUT2D eigenvalue weighted by Gasteiger charge is -2.12. The van der Waals surface area contributed by atoms with Gasteiger partial charge in [-0.3, -0.25) is 0 Å². The summed E-state index contributed by atoms with van der Waals surface area (Å²) in [6.07, 6.45) is 2.04. The van der Waals surface area contributed by atoms with Crippen molar-refractivity contribution in [2.75, 3.05) is 6.79 Å². The molecule has 2 heterocycles. The predicted octanol–water partition coefficient (Wildman–Crippen LogP) is 3.07. The molecule has 0 atom stereocenters. The highest BCUT2D eigenvalue weighted by molar-refractivity contribution is 5.96. The van der Waals surface area contributed by atoms with Crippen molar-refractivity contribution >= 4 is 10.9 Å². The number of aliphatic hydroxyl groups is 1. The molecule has 0 bridgehead atoms. The zero-order chi connectivity index (χ0) is 14.4.